The molecular weight excluding hydrogens is 163 g/mol. The van der Waals surface area contributed by atoms with Crippen LogP contribution in [0.15, 0.2) is 18.2 Å². The molecule has 0 amide bonds. The van der Waals surface area contributed by atoms with Crippen LogP contribution in [0.3, 0.4) is 0 Å². The normalized spacial score (nSPS) is 11.3. The lowest BCUT2D eigenvalue weighted by molar-refractivity contribution is 0.597. The van der Waals surface area contributed by atoms with E-state index in [4.69, 9.17) is 0 Å². The first kappa shape index (κ1) is 10.2. The Hall–Kier alpha value is -0.850. The van der Waals surface area contributed by atoms with Crippen molar-refractivity contribution in [2.45, 2.75) is 33.6 Å². The fourth-order valence-corrected chi connectivity index (χ4v) is 1.31. The number of hydrogen-bond acceptors (Lipinski definition) is 0. The van der Waals surface area contributed by atoms with Gasteiger partial charge in [-0.3, -0.25) is 0 Å². The van der Waals surface area contributed by atoms with Gasteiger partial charge in [-0.15, -0.1) is 0 Å². The Morgan fingerprint density at radius 1 is 1.23 bits per heavy atom. The van der Waals surface area contributed by atoms with Crippen LogP contribution in [0.25, 0.3) is 0 Å². The molecule has 0 fully saturated rings. The molecule has 0 aromatic heterocycles. The van der Waals surface area contributed by atoms with Gasteiger partial charge in [0.1, 0.15) is 5.82 Å². The van der Waals surface area contributed by atoms with E-state index in [9.17, 15) is 4.39 Å². The van der Waals surface area contributed by atoms with Crippen LogP contribution in [0.4, 0.5) is 4.39 Å². The molecule has 0 atom stereocenters. The summed E-state index contributed by atoms with van der Waals surface area (Å²) in [5.74, 6) is 1.31. The van der Waals surface area contributed by atoms with Crippen molar-refractivity contribution in [1.29, 1.82) is 0 Å². The van der Waals surface area contributed by atoms with Gasteiger partial charge in [0.05, 0.1) is 0 Å². The van der Waals surface area contributed by atoms with Gasteiger partial charge in [-0.25, -0.2) is 4.39 Å². The monoisotopic (exact) mass is 179 g/mol. The van der Waals surface area contributed by atoms with Gasteiger partial charge in [-0.05, 0) is 29.0 Å². The van der Waals surface area contributed by atoms with Gasteiger partial charge in [0.15, 0.2) is 0 Å². The van der Waals surface area contributed by atoms with Gasteiger partial charge < -0.3 is 0 Å². The van der Waals surface area contributed by atoms with Crippen LogP contribution in [0.2, 0.25) is 0 Å². The molecule has 1 aromatic carbocycles. The maximum atomic E-state index is 13.4. The second-order valence-electron chi connectivity index (χ2n) is 3.89. The number of benzene rings is 1. The summed E-state index contributed by atoms with van der Waals surface area (Å²) in [6.07, 6.45) is 0. The largest absolute Gasteiger partial charge is 0.207 e. The fraction of sp³-hybridized carbons (Fsp3) is 0.417. The molecular formula is C12H16F. The van der Waals surface area contributed by atoms with E-state index in [1.54, 1.807) is 6.07 Å². The van der Waals surface area contributed by atoms with Crippen molar-refractivity contribution in [3.63, 3.8) is 0 Å². The third-order valence-corrected chi connectivity index (χ3v) is 2.20. The van der Waals surface area contributed by atoms with Crippen LogP contribution in [-0.4, -0.2) is 0 Å². The third-order valence-electron chi connectivity index (χ3n) is 2.20. The predicted octanol–water partition coefficient (Wildman–Crippen LogP) is 3.91. The molecule has 0 heterocycles. The highest BCUT2D eigenvalue weighted by molar-refractivity contribution is 5.33. The Morgan fingerprint density at radius 3 is 2.23 bits per heavy atom. The third kappa shape index (κ3) is 2.30. The molecule has 0 spiro atoms. The zero-order valence-corrected chi connectivity index (χ0v) is 8.69. The molecule has 0 bridgehead atoms. The van der Waals surface area contributed by atoms with Gasteiger partial charge in [-0.1, -0.05) is 39.8 Å². The molecule has 0 unspecified atom stereocenters. The van der Waals surface area contributed by atoms with Gasteiger partial charge in [0, 0.05) is 0 Å². The zero-order chi connectivity index (χ0) is 10.0. The minimum Gasteiger partial charge on any atom is -0.207 e. The average molecular weight is 179 g/mol. The Labute approximate surface area is 79.8 Å². The summed E-state index contributed by atoms with van der Waals surface area (Å²) in [7, 11) is 0. The van der Waals surface area contributed by atoms with E-state index in [1.807, 2.05) is 39.8 Å². The van der Waals surface area contributed by atoms with Crippen molar-refractivity contribution in [1.82, 2.24) is 0 Å². The molecule has 0 aliphatic heterocycles. The highest BCUT2D eigenvalue weighted by Gasteiger charge is 2.08. The summed E-state index contributed by atoms with van der Waals surface area (Å²) < 4.78 is 13.4. The molecule has 0 aliphatic rings. The summed E-state index contributed by atoms with van der Waals surface area (Å²) >= 11 is 0. The Balaban J connectivity index is 3.06. The van der Waals surface area contributed by atoms with E-state index in [-0.39, 0.29) is 11.7 Å². The van der Waals surface area contributed by atoms with E-state index >= 15 is 0 Å². The van der Waals surface area contributed by atoms with Crippen LogP contribution in [0, 0.1) is 11.7 Å². The highest BCUT2D eigenvalue weighted by Crippen LogP contribution is 2.22. The molecule has 0 nitrogen and oxygen atoms in total. The van der Waals surface area contributed by atoms with E-state index < -0.39 is 0 Å². The molecule has 71 valence electrons. The van der Waals surface area contributed by atoms with E-state index in [1.165, 1.54) is 0 Å². The summed E-state index contributed by atoms with van der Waals surface area (Å²) in [5, 5.41) is 0. The average Bonchev–Trinajstić information content (AvgIpc) is 2.03. The second-order valence-corrected chi connectivity index (χ2v) is 3.89. The van der Waals surface area contributed by atoms with E-state index in [0.29, 0.717) is 0 Å². The second kappa shape index (κ2) is 3.91. The van der Waals surface area contributed by atoms with Gasteiger partial charge in [-0.2, -0.15) is 0 Å². The summed E-state index contributed by atoms with van der Waals surface area (Å²) in [6.45, 7) is 7.98. The first-order valence-corrected chi connectivity index (χ1v) is 4.62. The lowest BCUT2D eigenvalue weighted by atomic mass is 9.97. The lowest BCUT2D eigenvalue weighted by Crippen LogP contribution is -1.96. The molecule has 1 radical (unpaired) electrons. The smallest absolute Gasteiger partial charge is 0.126 e. The van der Waals surface area contributed by atoms with Crippen LogP contribution in [0.1, 0.15) is 44.7 Å². The Morgan fingerprint density at radius 2 is 1.85 bits per heavy atom. The summed E-state index contributed by atoms with van der Waals surface area (Å²) in [6, 6.07) is 5.47. The molecule has 13 heavy (non-hydrogen) atoms. The lowest BCUT2D eigenvalue weighted by Gasteiger charge is -2.10. The molecule has 1 aromatic rings. The molecule has 0 N–H and O–H groups in total. The molecule has 1 rings (SSSR count). The van der Waals surface area contributed by atoms with Crippen molar-refractivity contribution in [2.24, 2.45) is 0 Å². The maximum Gasteiger partial charge on any atom is 0.126 e. The Kier molecular flexibility index (Phi) is 3.07. The highest BCUT2D eigenvalue weighted by atomic mass is 19.1. The number of rotatable bonds is 2. The zero-order valence-electron chi connectivity index (χ0n) is 8.69. The number of hydrogen-bond donors (Lipinski definition) is 0. The first-order valence-electron chi connectivity index (χ1n) is 4.62. The first-order chi connectivity index (χ1) is 6.02. The molecule has 1 heteroatoms. The maximum absolute atomic E-state index is 13.4. The van der Waals surface area contributed by atoms with Gasteiger partial charge in [0.25, 0.3) is 0 Å². The number of halogens is 1. The minimum atomic E-state index is -0.0892. The molecule has 0 saturated carbocycles. The van der Waals surface area contributed by atoms with Crippen molar-refractivity contribution in [2.75, 3.05) is 0 Å². The van der Waals surface area contributed by atoms with Crippen LogP contribution < -0.4 is 0 Å². The van der Waals surface area contributed by atoms with Gasteiger partial charge in [0.2, 0.25) is 0 Å². The molecule has 0 saturated heterocycles. The van der Waals surface area contributed by atoms with Crippen LogP contribution in [-0.2, 0) is 0 Å². The van der Waals surface area contributed by atoms with Crippen molar-refractivity contribution in [3.05, 3.63) is 41.1 Å². The van der Waals surface area contributed by atoms with Crippen LogP contribution >= 0.6 is 0 Å². The fourth-order valence-electron chi connectivity index (χ4n) is 1.31. The van der Waals surface area contributed by atoms with Crippen molar-refractivity contribution in [3.8, 4) is 0 Å². The van der Waals surface area contributed by atoms with Gasteiger partial charge >= 0.3 is 0 Å². The summed E-state index contributed by atoms with van der Waals surface area (Å²) in [5.41, 5.74) is 1.78. The molecule has 0 aliphatic carbocycles. The van der Waals surface area contributed by atoms with E-state index in [2.05, 4.69) is 0 Å². The topological polar surface area (TPSA) is 0 Å². The minimum absolute atomic E-state index is 0.0892. The summed E-state index contributed by atoms with van der Waals surface area (Å²) in [4.78, 5) is 0. The van der Waals surface area contributed by atoms with Crippen LogP contribution in [0.5, 0.6) is 0 Å². The standard InChI is InChI=1S/C12H16F/c1-8(2)10-5-6-11(9(3)4)12(13)7-10/h5-7,9H,1-4H3. The van der Waals surface area contributed by atoms with Crippen molar-refractivity contribution < 1.29 is 4.39 Å². The quantitative estimate of drug-likeness (QED) is 0.645. The van der Waals surface area contributed by atoms with E-state index in [0.717, 1.165) is 17.0 Å². The van der Waals surface area contributed by atoms with Crippen molar-refractivity contribution >= 4 is 0 Å². The predicted molar refractivity (Wildman–Crippen MR) is 54.2 cm³/mol. The SMILES string of the molecule is C[C](C)c1ccc(C(C)C)c(F)c1. The Bertz CT molecular complexity index is 287.